The van der Waals surface area contributed by atoms with Crippen molar-refractivity contribution in [3.05, 3.63) is 0 Å². The Morgan fingerprint density at radius 2 is 2.36 bits per heavy atom. The lowest BCUT2D eigenvalue weighted by Gasteiger charge is -2.08. The van der Waals surface area contributed by atoms with Gasteiger partial charge in [0.05, 0.1) is 0 Å². The van der Waals surface area contributed by atoms with Gasteiger partial charge in [-0.05, 0) is 19.8 Å². The molecule has 4 nitrogen and oxygen atoms in total. The van der Waals surface area contributed by atoms with E-state index in [0.29, 0.717) is 12.8 Å². The molecule has 64 valence electrons. The van der Waals surface area contributed by atoms with E-state index >= 15 is 0 Å². The summed E-state index contributed by atoms with van der Waals surface area (Å²) in [4.78, 5) is 19.9. The summed E-state index contributed by atoms with van der Waals surface area (Å²) in [6, 6.07) is -0.0625. The molecule has 2 N–H and O–H groups in total. The van der Waals surface area contributed by atoms with Crippen molar-refractivity contribution in [1.29, 1.82) is 0 Å². The molecule has 0 radical (unpaired) electrons. The molecular formula is C7H13NO3. The number of nitrogens with one attached hydrogen (secondary N) is 1. The van der Waals surface area contributed by atoms with Gasteiger partial charge in [-0.1, -0.05) is 0 Å². The Bertz CT molecular complexity index is 136. The van der Waals surface area contributed by atoms with E-state index < -0.39 is 6.09 Å². The van der Waals surface area contributed by atoms with Crippen LogP contribution in [0.4, 0.5) is 4.79 Å². The van der Waals surface area contributed by atoms with Crippen LogP contribution in [0.5, 0.6) is 0 Å². The van der Waals surface area contributed by atoms with Crippen LogP contribution >= 0.6 is 0 Å². The highest BCUT2D eigenvalue weighted by Crippen LogP contribution is 1.97. The van der Waals surface area contributed by atoms with Crippen LogP contribution in [0.3, 0.4) is 0 Å². The molecule has 0 aliphatic rings. The second-order valence-corrected chi connectivity index (χ2v) is 2.45. The van der Waals surface area contributed by atoms with Crippen LogP contribution in [0.25, 0.3) is 0 Å². The van der Waals surface area contributed by atoms with Crippen LogP contribution in [-0.2, 0) is 4.79 Å². The molecule has 0 rings (SSSR count). The van der Waals surface area contributed by atoms with Crippen molar-refractivity contribution in [2.24, 2.45) is 0 Å². The minimum atomic E-state index is -1.01. The number of hydrogen-bond acceptors (Lipinski definition) is 2. The summed E-state index contributed by atoms with van der Waals surface area (Å²) in [5.41, 5.74) is 0. The van der Waals surface area contributed by atoms with Gasteiger partial charge in [0.25, 0.3) is 0 Å². The number of unbranched alkanes of at least 4 members (excludes halogenated alkanes) is 1. The van der Waals surface area contributed by atoms with E-state index in [1.165, 1.54) is 0 Å². The predicted octanol–water partition coefficient (Wildman–Crippen LogP) is 1.01. The Labute approximate surface area is 65.6 Å². The van der Waals surface area contributed by atoms with Crippen LogP contribution in [0.1, 0.15) is 26.2 Å². The molecule has 0 aromatic carbocycles. The third kappa shape index (κ3) is 6.83. The molecule has 0 fully saturated rings. The molecule has 0 aromatic rings. The molecular weight excluding hydrogens is 146 g/mol. The smallest absolute Gasteiger partial charge is 0.404 e. The van der Waals surface area contributed by atoms with Gasteiger partial charge in [-0.2, -0.15) is 0 Å². The molecule has 0 saturated heterocycles. The van der Waals surface area contributed by atoms with E-state index in [-0.39, 0.29) is 6.04 Å². The van der Waals surface area contributed by atoms with Gasteiger partial charge in [-0.15, -0.1) is 0 Å². The van der Waals surface area contributed by atoms with E-state index in [1.807, 2.05) is 0 Å². The second kappa shape index (κ2) is 5.70. The quantitative estimate of drug-likeness (QED) is 0.464. The van der Waals surface area contributed by atoms with E-state index in [9.17, 15) is 9.59 Å². The van der Waals surface area contributed by atoms with Crippen molar-refractivity contribution in [2.45, 2.75) is 32.2 Å². The fourth-order valence-electron chi connectivity index (χ4n) is 0.790. The number of carbonyl (C=O) groups is 2. The minimum absolute atomic E-state index is 0.0625. The molecule has 0 spiro atoms. The molecule has 1 amide bonds. The summed E-state index contributed by atoms with van der Waals surface area (Å²) in [7, 11) is 0. The lowest BCUT2D eigenvalue weighted by Crippen LogP contribution is -2.30. The molecule has 1 unspecified atom stereocenters. The average Bonchev–Trinajstić information content (AvgIpc) is 1.86. The largest absolute Gasteiger partial charge is 0.465 e. The molecule has 4 heteroatoms. The van der Waals surface area contributed by atoms with Gasteiger partial charge in [0, 0.05) is 12.5 Å². The maximum absolute atomic E-state index is 10.1. The molecule has 11 heavy (non-hydrogen) atoms. The lowest BCUT2D eigenvalue weighted by atomic mass is 10.1. The molecule has 0 aliphatic heterocycles. The van der Waals surface area contributed by atoms with Crippen molar-refractivity contribution in [3.8, 4) is 0 Å². The summed E-state index contributed by atoms with van der Waals surface area (Å²) < 4.78 is 0. The van der Waals surface area contributed by atoms with Crippen LogP contribution in [-0.4, -0.2) is 23.5 Å². The van der Waals surface area contributed by atoms with Crippen molar-refractivity contribution >= 4 is 12.4 Å². The number of carbonyl (C=O) groups excluding carboxylic acids is 1. The van der Waals surface area contributed by atoms with Crippen molar-refractivity contribution in [2.75, 3.05) is 0 Å². The van der Waals surface area contributed by atoms with Gasteiger partial charge >= 0.3 is 6.09 Å². The van der Waals surface area contributed by atoms with Gasteiger partial charge in [0.15, 0.2) is 0 Å². The van der Waals surface area contributed by atoms with Gasteiger partial charge in [0.1, 0.15) is 6.29 Å². The Balaban J connectivity index is 3.28. The van der Waals surface area contributed by atoms with Crippen LogP contribution < -0.4 is 5.32 Å². The molecule has 0 heterocycles. The Morgan fingerprint density at radius 1 is 1.73 bits per heavy atom. The van der Waals surface area contributed by atoms with Crippen molar-refractivity contribution in [1.82, 2.24) is 5.32 Å². The van der Waals surface area contributed by atoms with Gasteiger partial charge in [0.2, 0.25) is 0 Å². The fourth-order valence-corrected chi connectivity index (χ4v) is 0.790. The first kappa shape index (κ1) is 9.94. The molecule has 0 saturated carbocycles. The number of aldehydes is 1. The van der Waals surface area contributed by atoms with Gasteiger partial charge in [-0.25, -0.2) is 4.79 Å². The number of hydrogen-bond donors (Lipinski definition) is 2. The van der Waals surface area contributed by atoms with E-state index in [0.717, 1.165) is 12.7 Å². The first-order valence-corrected chi connectivity index (χ1v) is 3.60. The van der Waals surface area contributed by atoms with E-state index in [4.69, 9.17) is 5.11 Å². The van der Waals surface area contributed by atoms with E-state index in [2.05, 4.69) is 5.32 Å². The monoisotopic (exact) mass is 159 g/mol. The minimum Gasteiger partial charge on any atom is -0.465 e. The Hall–Kier alpha value is -1.06. The standard InChI is InChI=1S/C7H13NO3/c1-6(8-7(10)11)4-2-3-5-9/h5-6,8H,2-4H2,1H3,(H,10,11). The molecule has 1 atom stereocenters. The predicted molar refractivity (Wildman–Crippen MR) is 40.5 cm³/mol. The maximum atomic E-state index is 10.1. The zero-order valence-electron chi connectivity index (χ0n) is 6.54. The normalized spacial score (nSPS) is 12.1. The lowest BCUT2D eigenvalue weighted by molar-refractivity contribution is -0.107. The van der Waals surface area contributed by atoms with Gasteiger partial charge < -0.3 is 15.2 Å². The first-order valence-electron chi connectivity index (χ1n) is 3.60. The molecule has 0 bridgehead atoms. The summed E-state index contributed by atoms with van der Waals surface area (Å²) >= 11 is 0. The van der Waals surface area contributed by atoms with Gasteiger partial charge in [-0.3, -0.25) is 0 Å². The van der Waals surface area contributed by atoms with Crippen LogP contribution in [0.2, 0.25) is 0 Å². The zero-order chi connectivity index (χ0) is 8.69. The van der Waals surface area contributed by atoms with E-state index in [1.54, 1.807) is 6.92 Å². The van der Waals surface area contributed by atoms with Crippen LogP contribution in [0.15, 0.2) is 0 Å². The first-order chi connectivity index (χ1) is 5.16. The summed E-state index contributed by atoms with van der Waals surface area (Å²) in [6.45, 7) is 1.78. The fraction of sp³-hybridized carbons (Fsp3) is 0.714. The summed E-state index contributed by atoms with van der Waals surface area (Å²) in [6.07, 6.45) is 1.79. The van der Waals surface area contributed by atoms with Crippen molar-refractivity contribution < 1.29 is 14.7 Å². The highest BCUT2D eigenvalue weighted by molar-refractivity contribution is 5.64. The zero-order valence-corrected chi connectivity index (χ0v) is 6.54. The van der Waals surface area contributed by atoms with Crippen molar-refractivity contribution in [3.63, 3.8) is 0 Å². The third-order valence-corrected chi connectivity index (χ3v) is 1.33. The Kier molecular flexibility index (Phi) is 5.15. The highest BCUT2D eigenvalue weighted by atomic mass is 16.4. The van der Waals surface area contributed by atoms with Crippen LogP contribution in [0, 0.1) is 0 Å². The molecule has 0 aromatic heterocycles. The third-order valence-electron chi connectivity index (χ3n) is 1.33. The number of rotatable bonds is 5. The molecule has 0 aliphatic carbocycles. The highest BCUT2D eigenvalue weighted by Gasteiger charge is 2.03. The second-order valence-electron chi connectivity index (χ2n) is 2.45. The summed E-state index contributed by atoms with van der Waals surface area (Å²) in [5, 5.41) is 10.6. The SMILES string of the molecule is CC(CCCC=O)NC(=O)O. The number of amides is 1. The summed E-state index contributed by atoms with van der Waals surface area (Å²) in [5.74, 6) is 0. The average molecular weight is 159 g/mol. The Morgan fingerprint density at radius 3 is 2.82 bits per heavy atom. The topological polar surface area (TPSA) is 66.4 Å². The maximum Gasteiger partial charge on any atom is 0.404 e. The number of carboxylic acid groups (broad SMARTS) is 1.